The first-order valence-electron chi connectivity index (χ1n) is 6.28. The first kappa shape index (κ1) is 14.5. The summed E-state index contributed by atoms with van der Waals surface area (Å²) in [5.74, 6) is 2.31. The third kappa shape index (κ3) is 3.15. The third-order valence-electron chi connectivity index (χ3n) is 2.99. The molecule has 1 unspecified atom stereocenters. The lowest BCUT2D eigenvalue weighted by Gasteiger charge is -2.11. The maximum Gasteiger partial charge on any atom is 0.137 e. The Labute approximate surface area is 121 Å². The Morgan fingerprint density at radius 3 is 2.50 bits per heavy atom. The van der Waals surface area contributed by atoms with Gasteiger partial charge in [-0.05, 0) is 25.1 Å². The van der Waals surface area contributed by atoms with Gasteiger partial charge in [0.05, 0.1) is 10.8 Å². The van der Waals surface area contributed by atoms with E-state index < -0.39 is 17.0 Å². The van der Waals surface area contributed by atoms with Crippen LogP contribution in [0.4, 0.5) is 4.39 Å². The minimum atomic E-state index is -1.40. The van der Waals surface area contributed by atoms with Crippen LogP contribution in [0.15, 0.2) is 58.3 Å². The average molecular weight is 286 g/mol. The van der Waals surface area contributed by atoms with E-state index >= 15 is 0 Å². The van der Waals surface area contributed by atoms with E-state index in [-0.39, 0.29) is 6.42 Å². The van der Waals surface area contributed by atoms with E-state index in [1.165, 1.54) is 0 Å². The average Bonchev–Trinajstić information content (AvgIpc) is 2.47. The zero-order chi connectivity index (χ0) is 14.5. The lowest BCUT2D eigenvalue weighted by Crippen LogP contribution is -2.01. The van der Waals surface area contributed by atoms with Gasteiger partial charge in [0, 0.05) is 21.8 Å². The van der Waals surface area contributed by atoms with Crippen LogP contribution in [0.1, 0.15) is 23.7 Å². The predicted octanol–water partition coefficient (Wildman–Crippen LogP) is 4.20. The standard InChI is InChI=1S/C17H15FOS/c1-3-6-16(18)15-7-4-5-8-17(15)20(19)14-11-9-13(2)10-12-14/h1,4-5,7-12,16H,6H2,2H3/t16-,20?/m0/s1. The second-order valence-electron chi connectivity index (χ2n) is 4.50. The van der Waals surface area contributed by atoms with Crippen LogP contribution in [0.2, 0.25) is 0 Å². The molecule has 20 heavy (non-hydrogen) atoms. The van der Waals surface area contributed by atoms with Gasteiger partial charge in [0.1, 0.15) is 6.17 Å². The number of halogens is 1. The molecule has 0 fully saturated rings. The van der Waals surface area contributed by atoms with Crippen molar-refractivity contribution < 1.29 is 8.60 Å². The van der Waals surface area contributed by atoms with Gasteiger partial charge in [-0.3, -0.25) is 0 Å². The first-order chi connectivity index (χ1) is 9.63. The van der Waals surface area contributed by atoms with Crippen molar-refractivity contribution in [2.75, 3.05) is 0 Å². The van der Waals surface area contributed by atoms with E-state index in [1.807, 2.05) is 19.1 Å². The van der Waals surface area contributed by atoms with Crippen molar-refractivity contribution >= 4 is 10.8 Å². The second-order valence-corrected chi connectivity index (χ2v) is 5.94. The van der Waals surface area contributed by atoms with E-state index in [4.69, 9.17) is 6.42 Å². The van der Waals surface area contributed by atoms with Crippen LogP contribution in [0.5, 0.6) is 0 Å². The van der Waals surface area contributed by atoms with E-state index in [9.17, 15) is 8.60 Å². The van der Waals surface area contributed by atoms with E-state index in [1.54, 1.807) is 36.4 Å². The number of terminal acetylenes is 1. The van der Waals surface area contributed by atoms with Gasteiger partial charge < -0.3 is 0 Å². The molecule has 2 atom stereocenters. The quantitative estimate of drug-likeness (QED) is 0.770. The van der Waals surface area contributed by atoms with Gasteiger partial charge in [-0.15, -0.1) is 12.3 Å². The summed E-state index contributed by atoms with van der Waals surface area (Å²) in [4.78, 5) is 1.15. The van der Waals surface area contributed by atoms with Crippen molar-refractivity contribution in [3.05, 3.63) is 59.7 Å². The van der Waals surface area contributed by atoms with Crippen LogP contribution in [-0.2, 0) is 10.8 Å². The third-order valence-corrected chi connectivity index (χ3v) is 4.46. The molecule has 0 saturated heterocycles. The Hall–Kier alpha value is -1.92. The minimum absolute atomic E-state index is 0.0118. The van der Waals surface area contributed by atoms with Crippen molar-refractivity contribution in [1.82, 2.24) is 0 Å². The molecule has 0 aliphatic carbocycles. The molecular formula is C17H15FOS. The van der Waals surface area contributed by atoms with Crippen LogP contribution in [0, 0.1) is 19.3 Å². The molecule has 0 saturated carbocycles. The first-order valence-corrected chi connectivity index (χ1v) is 7.43. The van der Waals surface area contributed by atoms with Gasteiger partial charge in [0.2, 0.25) is 0 Å². The lowest BCUT2D eigenvalue weighted by molar-refractivity contribution is 0.346. The summed E-state index contributed by atoms with van der Waals surface area (Å²) in [6, 6.07) is 14.2. The number of aryl methyl sites for hydroxylation is 1. The summed E-state index contributed by atoms with van der Waals surface area (Å²) in [5.41, 5.74) is 1.50. The van der Waals surface area contributed by atoms with Crippen molar-refractivity contribution in [2.24, 2.45) is 0 Å². The highest BCUT2D eigenvalue weighted by atomic mass is 32.2. The largest absolute Gasteiger partial charge is 0.249 e. The van der Waals surface area contributed by atoms with Gasteiger partial charge in [0.15, 0.2) is 0 Å². The maximum atomic E-state index is 14.1. The molecule has 0 aromatic heterocycles. The van der Waals surface area contributed by atoms with Crippen LogP contribution < -0.4 is 0 Å². The summed E-state index contributed by atoms with van der Waals surface area (Å²) in [6.07, 6.45) is 3.86. The zero-order valence-corrected chi connectivity index (χ0v) is 12.0. The molecule has 0 radical (unpaired) electrons. The summed E-state index contributed by atoms with van der Waals surface area (Å²) >= 11 is 0. The van der Waals surface area contributed by atoms with Gasteiger partial charge in [-0.1, -0.05) is 35.9 Å². The molecule has 2 aromatic rings. The second kappa shape index (κ2) is 6.49. The molecule has 3 heteroatoms. The fraction of sp³-hybridized carbons (Fsp3) is 0.176. The molecule has 0 N–H and O–H groups in total. The number of rotatable bonds is 4. The molecule has 0 heterocycles. The Bertz CT molecular complexity index is 655. The predicted molar refractivity (Wildman–Crippen MR) is 79.6 cm³/mol. The van der Waals surface area contributed by atoms with Crippen molar-refractivity contribution in [2.45, 2.75) is 29.3 Å². The monoisotopic (exact) mass is 286 g/mol. The normalized spacial score (nSPS) is 13.4. The van der Waals surface area contributed by atoms with E-state index in [2.05, 4.69) is 5.92 Å². The highest BCUT2D eigenvalue weighted by Gasteiger charge is 2.17. The molecule has 102 valence electrons. The van der Waals surface area contributed by atoms with E-state index in [0.717, 1.165) is 5.56 Å². The molecule has 0 bridgehead atoms. The van der Waals surface area contributed by atoms with Gasteiger partial charge in [-0.25, -0.2) is 8.60 Å². The SMILES string of the molecule is C#CC[C@H](F)c1ccccc1S(=O)c1ccc(C)cc1. The highest BCUT2D eigenvalue weighted by Crippen LogP contribution is 2.29. The summed E-state index contributed by atoms with van der Waals surface area (Å²) < 4.78 is 26.6. The Morgan fingerprint density at radius 1 is 1.20 bits per heavy atom. The molecule has 2 rings (SSSR count). The van der Waals surface area contributed by atoms with Crippen molar-refractivity contribution in [3.8, 4) is 12.3 Å². The fourth-order valence-corrected chi connectivity index (χ4v) is 3.16. The van der Waals surface area contributed by atoms with Crippen LogP contribution in [0.25, 0.3) is 0 Å². The number of hydrogen-bond acceptors (Lipinski definition) is 1. The molecule has 0 aliphatic heterocycles. The summed E-state index contributed by atoms with van der Waals surface area (Å²) in [7, 11) is -1.40. The molecule has 0 aliphatic rings. The Balaban J connectivity index is 2.40. The van der Waals surface area contributed by atoms with Gasteiger partial charge in [-0.2, -0.15) is 0 Å². The topological polar surface area (TPSA) is 17.1 Å². The number of benzene rings is 2. The summed E-state index contributed by atoms with van der Waals surface area (Å²) in [6.45, 7) is 1.96. The van der Waals surface area contributed by atoms with E-state index in [0.29, 0.717) is 15.4 Å². The maximum absolute atomic E-state index is 14.1. The number of alkyl halides is 1. The zero-order valence-electron chi connectivity index (χ0n) is 11.2. The smallest absolute Gasteiger partial charge is 0.137 e. The highest BCUT2D eigenvalue weighted by molar-refractivity contribution is 7.85. The number of hydrogen-bond donors (Lipinski definition) is 0. The Kier molecular flexibility index (Phi) is 4.70. The van der Waals surface area contributed by atoms with Crippen molar-refractivity contribution in [3.63, 3.8) is 0 Å². The van der Waals surface area contributed by atoms with Gasteiger partial charge >= 0.3 is 0 Å². The molecule has 2 aromatic carbocycles. The fourth-order valence-electron chi connectivity index (χ4n) is 1.91. The van der Waals surface area contributed by atoms with Gasteiger partial charge in [0.25, 0.3) is 0 Å². The van der Waals surface area contributed by atoms with Crippen LogP contribution in [0.3, 0.4) is 0 Å². The lowest BCUT2D eigenvalue weighted by atomic mass is 10.1. The van der Waals surface area contributed by atoms with Crippen LogP contribution >= 0.6 is 0 Å². The summed E-state index contributed by atoms with van der Waals surface area (Å²) in [5, 5.41) is 0. The van der Waals surface area contributed by atoms with Crippen LogP contribution in [-0.4, -0.2) is 4.21 Å². The van der Waals surface area contributed by atoms with Crippen molar-refractivity contribution in [1.29, 1.82) is 0 Å². The molecule has 1 nitrogen and oxygen atoms in total. The molecular weight excluding hydrogens is 271 g/mol. The Morgan fingerprint density at radius 2 is 1.85 bits per heavy atom. The molecule has 0 amide bonds. The molecule has 0 spiro atoms. The minimum Gasteiger partial charge on any atom is -0.249 e.